The van der Waals surface area contributed by atoms with Gasteiger partial charge in [-0.25, -0.2) is 0 Å². The van der Waals surface area contributed by atoms with Crippen LogP contribution in [0, 0.1) is 10.1 Å². The normalized spacial score (nSPS) is 15.0. The van der Waals surface area contributed by atoms with Gasteiger partial charge >= 0.3 is 0 Å². The minimum Gasteiger partial charge on any atom is -0.488 e. The number of nitro benzene ring substituents is 1. The Morgan fingerprint density at radius 3 is 2.71 bits per heavy atom. The van der Waals surface area contributed by atoms with E-state index in [0.717, 1.165) is 25.7 Å². The van der Waals surface area contributed by atoms with Crippen molar-refractivity contribution in [2.45, 2.75) is 38.2 Å². The monoisotopic (exact) mass is 330 g/mol. The lowest BCUT2D eigenvalue weighted by Gasteiger charge is -2.24. The van der Waals surface area contributed by atoms with Crippen LogP contribution in [0.3, 0.4) is 0 Å². The standard InChI is InChI=1S/C17H18N2O5/c20-17(15-7-4-10-23-15)18-14-9-8-12(19(21)22)11-16(14)24-13-5-2-1-3-6-13/h4,7-11,13H,1-3,5-6H2,(H,18,20). The van der Waals surface area contributed by atoms with Crippen LogP contribution < -0.4 is 10.1 Å². The van der Waals surface area contributed by atoms with Crippen LogP contribution in [0.2, 0.25) is 0 Å². The molecule has 1 aromatic heterocycles. The van der Waals surface area contributed by atoms with Crippen LogP contribution in [-0.2, 0) is 0 Å². The second-order valence-electron chi connectivity index (χ2n) is 5.75. The number of ether oxygens (including phenoxy) is 1. The largest absolute Gasteiger partial charge is 0.488 e. The van der Waals surface area contributed by atoms with Gasteiger partial charge in [-0.05, 0) is 43.9 Å². The van der Waals surface area contributed by atoms with Gasteiger partial charge in [0, 0.05) is 6.07 Å². The van der Waals surface area contributed by atoms with E-state index in [1.165, 1.54) is 30.9 Å². The van der Waals surface area contributed by atoms with Gasteiger partial charge in [0.05, 0.1) is 29.0 Å². The van der Waals surface area contributed by atoms with Crippen LogP contribution in [0.15, 0.2) is 41.0 Å². The van der Waals surface area contributed by atoms with Crippen LogP contribution in [0.25, 0.3) is 0 Å². The predicted molar refractivity (Wildman–Crippen MR) is 87.3 cm³/mol. The fraction of sp³-hybridized carbons (Fsp3) is 0.353. The van der Waals surface area contributed by atoms with E-state index in [2.05, 4.69) is 5.32 Å². The quantitative estimate of drug-likeness (QED) is 0.656. The summed E-state index contributed by atoms with van der Waals surface area (Å²) in [6, 6.07) is 7.33. The molecule has 7 nitrogen and oxygen atoms in total. The van der Waals surface area contributed by atoms with Crippen molar-refractivity contribution in [2.75, 3.05) is 5.32 Å². The average molecular weight is 330 g/mol. The van der Waals surface area contributed by atoms with Crippen molar-refractivity contribution in [2.24, 2.45) is 0 Å². The Morgan fingerprint density at radius 1 is 1.25 bits per heavy atom. The van der Waals surface area contributed by atoms with Crippen molar-refractivity contribution in [3.05, 3.63) is 52.5 Å². The van der Waals surface area contributed by atoms with Gasteiger partial charge in [0.1, 0.15) is 5.75 Å². The molecule has 0 radical (unpaired) electrons. The summed E-state index contributed by atoms with van der Waals surface area (Å²) in [5.74, 6) is 0.0512. The Morgan fingerprint density at radius 2 is 2.04 bits per heavy atom. The second-order valence-corrected chi connectivity index (χ2v) is 5.75. The number of nitro groups is 1. The molecule has 1 heterocycles. The van der Waals surface area contributed by atoms with E-state index in [1.54, 1.807) is 12.1 Å². The number of benzene rings is 1. The summed E-state index contributed by atoms with van der Waals surface area (Å²) in [5, 5.41) is 13.7. The molecule has 126 valence electrons. The first kappa shape index (κ1) is 16.0. The highest BCUT2D eigenvalue weighted by Gasteiger charge is 2.20. The molecule has 0 saturated heterocycles. The second kappa shape index (κ2) is 7.16. The molecule has 1 aliphatic rings. The molecule has 3 rings (SSSR count). The van der Waals surface area contributed by atoms with E-state index in [0.29, 0.717) is 11.4 Å². The lowest BCUT2D eigenvalue weighted by molar-refractivity contribution is -0.384. The van der Waals surface area contributed by atoms with Gasteiger partial charge in [-0.1, -0.05) is 6.42 Å². The third-order valence-corrected chi connectivity index (χ3v) is 4.02. The molecule has 24 heavy (non-hydrogen) atoms. The van der Waals surface area contributed by atoms with Gasteiger partial charge < -0.3 is 14.5 Å². The molecule has 1 fully saturated rings. The van der Waals surface area contributed by atoms with E-state index in [4.69, 9.17) is 9.15 Å². The topological polar surface area (TPSA) is 94.6 Å². The van der Waals surface area contributed by atoms with Gasteiger partial charge in [0.2, 0.25) is 0 Å². The summed E-state index contributed by atoms with van der Waals surface area (Å²) in [5.41, 5.74) is 0.324. The molecule has 0 atom stereocenters. The lowest BCUT2D eigenvalue weighted by atomic mass is 9.98. The number of furan rings is 1. The summed E-state index contributed by atoms with van der Waals surface area (Å²) in [6.45, 7) is 0. The minimum atomic E-state index is -0.480. The Bertz CT molecular complexity index is 721. The highest BCUT2D eigenvalue weighted by Crippen LogP contribution is 2.33. The van der Waals surface area contributed by atoms with Crippen LogP contribution in [0.5, 0.6) is 5.75 Å². The summed E-state index contributed by atoms with van der Waals surface area (Å²) >= 11 is 0. The van der Waals surface area contributed by atoms with Gasteiger partial charge in [0.25, 0.3) is 11.6 Å². The minimum absolute atomic E-state index is 0.0139. The van der Waals surface area contributed by atoms with Gasteiger partial charge in [-0.15, -0.1) is 0 Å². The number of rotatable bonds is 5. The maximum atomic E-state index is 12.1. The first-order valence-corrected chi connectivity index (χ1v) is 7.93. The summed E-state index contributed by atoms with van der Waals surface area (Å²) in [6.07, 6.45) is 6.57. The van der Waals surface area contributed by atoms with Crippen molar-refractivity contribution in [3.63, 3.8) is 0 Å². The smallest absolute Gasteiger partial charge is 0.291 e. The molecule has 0 aliphatic heterocycles. The van der Waals surface area contributed by atoms with E-state index >= 15 is 0 Å². The summed E-state index contributed by atoms with van der Waals surface area (Å²) in [4.78, 5) is 22.7. The molecule has 7 heteroatoms. The first-order chi connectivity index (χ1) is 11.6. The highest BCUT2D eigenvalue weighted by atomic mass is 16.6. The van der Waals surface area contributed by atoms with Gasteiger partial charge in [-0.3, -0.25) is 14.9 Å². The van der Waals surface area contributed by atoms with Crippen molar-refractivity contribution in [1.82, 2.24) is 0 Å². The fourth-order valence-electron chi connectivity index (χ4n) is 2.78. The number of nitrogens with one attached hydrogen (secondary N) is 1. The first-order valence-electron chi connectivity index (χ1n) is 7.93. The Hall–Kier alpha value is -2.83. The van der Waals surface area contributed by atoms with E-state index < -0.39 is 10.8 Å². The molecule has 2 aromatic rings. The fourth-order valence-corrected chi connectivity index (χ4v) is 2.78. The third kappa shape index (κ3) is 3.73. The van der Waals surface area contributed by atoms with E-state index in [1.807, 2.05) is 0 Å². The number of nitrogens with zero attached hydrogens (tertiary/aromatic N) is 1. The Balaban J connectivity index is 1.83. The zero-order valence-electron chi connectivity index (χ0n) is 13.1. The Kier molecular flexibility index (Phi) is 4.79. The number of hydrogen-bond acceptors (Lipinski definition) is 5. The number of non-ortho nitro benzene ring substituents is 1. The molecule has 0 spiro atoms. The molecule has 1 amide bonds. The van der Waals surface area contributed by atoms with Crippen LogP contribution in [0.1, 0.15) is 42.7 Å². The number of carbonyl (C=O) groups excluding carboxylic acids is 1. The molecule has 0 unspecified atom stereocenters. The number of amides is 1. The molecule has 1 aromatic carbocycles. The molecule has 0 bridgehead atoms. The van der Waals surface area contributed by atoms with Gasteiger partial charge in [0.15, 0.2) is 5.76 Å². The van der Waals surface area contributed by atoms with Crippen LogP contribution >= 0.6 is 0 Å². The summed E-state index contributed by atoms with van der Waals surface area (Å²) < 4.78 is 11.0. The maximum absolute atomic E-state index is 12.1. The van der Waals surface area contributed by atoms with Crippen molar-refractivity contribution < 1.29 is 18.9 Å². The van der Waals surface area contributed by atoms with Crippen LogP contribution in [-0.4, -0.2) is 16.9 Å². The Labute approximate surface area is 138 Å². The molecular formula is C17H18N2O5. The molecule has 1 aliphatic carbocycles. The third-order valence-electron chi connectivity index (χ3n) is 4.02. The molecule has 1 N–H and O–H groups in total. The zero-order valence-corrected chi connectivity index (χ0v) is 13.1. The van der Waals surface area contributed by atoms with Crippen molar-refractivity contribution >= 4 is 17.3 Å². The zero-order chi connectivity index (χ0) is 16.9. The number of hydrogen-bond donors (Lipinski definition) is 1. The predicted octanol–water partition coefficient (Wildman–Crippen LogP) is 4.15. The van der Waals surface area contributed by atoms with Crippen molar-refractivity contribution in [1.29, 1.82) is 0 Å². The molecular weight excluding hydrogens is 312 g/mol. The average Bonchev–Trinajstić information content (AvgIpc) is 3.12. The number of anilines is 1. The van der Waals surface area contributed by atoms with E-state index in [9.17, 15) is 14.9 Å². The SMILES string of the molecule is O=C(Nc1ccc([N+](=O)[O-])cc1OC1CCCCC1)c1ccco1. The van der Waals surface area contributed by atoms with Crippen LogP contribution in [0.4, 0.5) is 11.4 Å². The number of carbonyl (C=O) groups is 1. The van der Waals surface area contributed by atoms with Crippen molar-refractivity contribution in [3.8, 4) is 5.75 Å². The summed E-state index contributed by atoms with van der Waals surface area (Å²) in [7, 11) is 0. The lowest BCUT2D eigenvalue weighted by Crippen LogP contribution is -2.21. The highest BCUT2D eigenvalue weighted by molar-refractivity contribution is 6.03. The molecule has 1 saturated carbocycles. The maximum Gasteiger partial charge on any atom is 0.291 e. The van der Waals surface area contributed by atoms with E-state index in [-0.39, 0.29) is 17.6 Å². The van der Waals surface area contributed by atoms with Gasteiger partial charge in [-0.2, -0.15) is 0 Å².